The second kappa shape index (κ2) is 10.7. The van der Waals surface area contributed by atoms with Crippen LogP contribution in [0.4, 0.5) is 16.2 Å². The molecule has 0 aliphatic carbocycles. The van der Waals surface area contributed by atoms with E-state index in [0.29, 0.717) is 36.6 Å². The number of methoxy groups -OCH3 is 1. The summed E-state index contributed by atoms with van der Waals surface area (Å²) in [6, 6.07) is 27.9. The summed E-state index contributed by atoms with van der Waals surface area (Å²) < 4.78 is 7.04. The van der Waals surface area contributed by atoms with E-state index in [4.69, 9.17) is 4.74 Å². The van der Waals surface area contributed by atoms with Gasteiger partial charge < -0.3 is 24.8 Å². The van der Waals surface area contributed by atoms with Gasteiger partial charge in [-0.2, -0.15) is 0 Å². The van der Waals surface area contributed by atoms with Crippen LogP contribution >= 0.6 is 0 Å². The third-order valence-corrected chi connectivity index (χ3v) is 7.73. The van der Waals surface area contributed by atoms with Gasteiger partial charge in [-0.1, -0.05) is 54.6 Å². The summed E-state index contributed by atoms with van der Waals surface area (Å²) in [7, 11) is 1.53. The average Bonchev–Trinajstić information content (AvgIpc) is 2.99. The van der Waals surface area contributed by atoms with Crippen LogP contribution in [0.15, 0.2) is 95.8 Å². The van der Waals surface area contributed by atoms with Crippen molar-refractivity contribution in [2.45, 2.75) is 18.9 Å². The predicted octanol–water partition coefficient (Wildman–Crippen LogP) is 5.43. The molecular formula is C32H30N4O4. The summed E-state index contributed by atoms with van der Waals surface area (Å²) >= 11 is 0. The number of hydrogen-bond donors (Lipinski definition) is 2. The lowest BCUT2D eigenvalue weighted by Gasteiger charge is -2.43. The summed E-state index contributed by atoms with van der Waals surface area (Å²) in [6.07, 6.45) is 0.928. The van der Waals surface area contributed by atoms with E-state index in [-0.39, 0.29) is 29.0 Å². The van der Waals surface area contributed by atoms with Gasteiger partial charge >= 0.3 is 6.03 Å². The molecule has 202 valence electrons. The molecule has 0 radical (unpaired) electrons. The molecule has 2 aliphatic rings. The lowest BCUT2D eigenvalue weighted by molar-refractivity contribution is 0.0594. The first-order chi connectivity index (χ1) is 19.5. The maximum Gasteiger partial charge on any atom is 0.323 e. The van der Waals surface area contributed by atoms with Crippen molar-refractivity contribution in [2.75, 3.05) is 30.8 Å². The predicted molar refractivity (Wildman–Crippen MR) is 155 cm³/mol. The number of rotatable bonds is 5. The second-order valence-electron chi connectivity index (χ2n) is 10.3. The Labute approximate surface area is 232 Å². The minimum absolute atomic E-state index is 0.0106. The van der Waals surface area contributed by atoms with Crippen LogP contribution < -0.4 is 20.9 Å². The number of pyridine rings is 1. The van der Waals surface area contributed by atoms with E-state index in [9.17, 15) is 14.4 Å². The molecule has 8 heteroatoms. The number of amides is 3. The number of carbonyl (C=O) groups is 2. The molecule has 0 spiro atoms. The van der Waals surface area contributed by atoms with E-state index in [2.05, 4.69) is 22.8 Å². The molecule has 2 N–H and O–H groups in total. The zero-order valence-electron chi connectivity index (χ0n) is 22.2. The van der Waals surface area contributed by atoms with Gasteiger partial charge in [0, 0.05) is 36.8 Å². The highest BCUT2D eigenvalue weighted by Gasteiger charge is 2.37. The number of fused-ring (bicyclic) bond motifs is 4. The molecule has 0 unspecified atom stereocenters. The third kappa shape index (κ3) is 4.96. The second-order valence-corrected chi connectivity index (χ2v) is 10.3. The van der Waals surface area contributed by atoms with Crippen LogP contribution in [0, 0.1) is 5.92 Å². The zero-order chi connectivity index (χ0) is 27.6. The number of anilines is 2. The third-order valence-electron chi connectivity index (χ3n) is 7.73. The van der Waals surface area contributed by atoms with E-state index in [1.165, 1.54) is 7.11 Å². The van der Waals surface area contributed by atoms with Crippen molar-refractivity contribution < 1.29 is 14.3 Å². The van der Waals surface area contributed by atoms with Crippen LogP contribution in [0.5, 0.6) is 5.75 Å². The maximum absolute atomic E-state index is 13.4. The van der Waals surface area contributed by atoms with Gasteiger partial charge in [-0.25, -0.2) is 4.79 Å². The quantitative estimate of drug-likeness (QED) is 0.357. The van der Waals surface area contributed by atoms with E-state index in [1.54, 1.807) is 28.8 Å². The number of ether oxygens (including phenoxy) is 1. The van der Waals surface area contributed by atoms with Gasteiger partial charge in [0.15, 0.2) is 0 Å². The van der Waals surface area contributed by atoms with Crippen LogP contribution in [-0.2, 0) is 6.54 Å². The number of urea groups is 1. The number of likely N-dealkylation sites (tertiary alicyclic amines) is 1. The Morgan fingerprint density at radius 1 is 0.775 bits per heavy atom. The first-order valence-electron chi connectivity index (χ1n) is 13.4. The Hall–Kier alpha value is -4.85. The molecule has 6 rings (SSSR count). The van der Waals surface area contributed by atoms with Crippen molar-refractivity contribution >= 4 is 23.3 Å². The highest BCUT2D eigenvalue weighted by Crippen LogP contribution is 2.36. The number of piperidine rings is 1. The molecule has 3 aromatic carbocycles. The van der Waals surface area contributed by atoms with Crippen molar-refractivity contribution in [3.8, 4) is 16.9 Å². The molecule has 2 bridgehead atoms. The molecule has 3 heterocycles. The van der Waals surface area contributed by atoms with Crippen LogP contribution in [0.3, 0.4) is 0 Å². The minimum atomic E-state index is -0.520. The Balaban J connectivity index is 1.16. The van der Waals surface area contributed by atoms with Crippen molar-refractivity contribution in [2.24, 2.45) is 5.92 Å². The Kier molecular flexibility index (Phi) is 6.82. The van der Waals surface area contributed by atoms with Crippen LogP contribution in [0.2, 0.25) is 0 Å². The molecule has 2 atom stereocenters. The lowest BCUT2D eigenvalue weighted by atomic mass is 9.83. The summed E-state index contributed by atoms with van der Waals surface area (Å²) in [6.45, 7) is 1.65. The fourth-order valence-electron chi connectivity index (χ4n) is 5.85. The highest BCUT2D eigenvalue weighted by molar-refractivity contribution is 6.00. The minimum Gasteiger partial charge on any atom is -0.495 e. The molecular weight excluding hydrogens is 504 g/mol. The van der Waals surface area contributed by atoms with E-state index < -0.39 is 6.03 Å². The summed E-state index contributed by atoms with van der Waals surface area (Å²) in [4.78, 5) is 41.3. The Morgan fingerprint density at radius 2 is 1.48 bits per heavy atom. The number of hydrogen-bond acceptors (Lipinski definition) is 4. The number of benzene rings is 3. The number of nitrogens with one attached hydrogen (secondary N) is 2. The van der Waals surface area contributed by atoms with Gasteiger partial charge in [0.25, 0.3) is 11.5 Å². The molecule has 0 saturated carbocycles. The van der Waals surface area contributed by atoms with E-state index in [1.807, 2.05) is 59.5 Å². The first-order valence-corrected chi connectivity index (χ1v) is 13.4. The van der Waals surface area contributed by atoms with Gasteiger partial charge in [-0.15, -0.1) is 0 Å². The number of carbonyl (C=O) groups excluding carboxylic acids is 2. The Bertz CT molecular complexity index is 1610. The van der Waals surface area contributed by atoms with Gasteiger partial charge in [-0.05, 0) is 59.9 Å². The monoisotopic (exact) mass is 534 g/mol. The van der Waals surface area contributed by atoms with Gasteiger partial charge in [-0.3, -0.25) is 9.59 Å². The van der Waals surface area contributed by atoms with Crippen molar-refractivity contribution in [3.63, 3.8) is 0 Å². The standard InChI is InChI=1S/C32H30N4O4/c1-40-29-10-6-5-9-26(29)33-32(39)34-27-15-16-28-25-17-21(19-36(28)31(27)38)18-35(20-25)30(37)24-13-11-23(12-14-24)22-7-3-2-4-8-22/h2-16,21,25H,17-20H2,1H3,(H2,33,34,39)/t21-,25+/m0/s1. The topological polar surface area (TPSA) is 92.7 Å². The highest BCUT2D eigenvalue weighted by atomic mass is 16.5. The van der Waals surface area contributed by atoms with Crippen molar-refractivity contribution in [1.29, 1.82) is 0 Å². The maximum atomic E-state index is 13.4. The molecule has 1 fully saturated rings. The van der Waals surface area contributed by atoms with Crippen LogP contribution in [-0.4, -0.2) is 41.6 Å². The van der Waals surface area contributed by atoms with Crippen molar-refractivity contribution in [1.82, 2.24) is 9.47 Å². The normalized spacial score (nSPS) is 17.5. The van der Waals surface area contributed by atoms with Gasteiger partial charge in [0.1, 0.15) is 11.4 Å². The van der Waals surface area contributed by atoms with Crippen LogP contribution in [0.1, 0.15) is 28.4 Å². The Morgan fingerprint density at radius 3 is 2.25 bits per heavy atom. The SMILES string of the molecule is COc1ccccc1NC(=O)Nc1ccc2n(c1=O)C[C@H]1C[C@@H]2CN(C(=O)c2ccc(-c3ccccc3)cc2)C1. The first kappa shape index (κ1) is 25.4. The molecule has 40 heavy (non-hydrogen) atoms. The van der Waals surface area contributed by atoms with E-state index in [0.717, 1.165) is 23.2 Å². The molecule has 3 amide bonds. The number of aromatic nitrogens is 1. The zero-order valence-corrected chi connectivity index (χ0v) is 22.2. The van der Waals surface area contributed by atoms with Crippen molar-refractivity contribution in [3.05, 3.63) is 113 Å². The summed E-state index contributed by atoms with van der Waals surface area (Å²) in [5.74, 6) is 0.758. The van der Waals surface area contributed by atoms with E-state index >= 15 is 0 Å². The van der Waals surface area contributed by atoms with Crippen LogP contribution in [0.25, 0.3) is 11.1 Å². The fraction of sp³-hybridized carbons (Fsp3) is 0.219. The van der Waals surface area contributed by atoms with Gasteiger partial charge in [0.05, 0.1) is 12.8 Å². The number of nitrogens with zero attached hydrogens (tertiary/aromatic N) is 2. The lowest BCUT2D eigenvalue weighted by Crippen LogP contribution is -2.49. The molecule has 2 aliphatic heterocycles. The smallest absolute Gasteiger partial charge is 0.323 e. The largest absolute Gasteiger partial charge is 0.495 e. The molecule has 1 aromatic heterocycles. The number of para-hydroxylation sites is 2. The molecule has 8 nitrogen and oxygen atoms in total. The fourth-order valence-corrected chi connectivity index (χ4v) is 5.85. The molecule has 1 saturated heterocycles. The van der Waals surface area contributed by atoms with Gasteiger partial charge in [0.2, 0.25) is 0 Å². The summed E-state index contributed by atoms with van der Waals surface area (Å²) in [5.41, 5.74) is 4.23. The average molecular weight is 535 g/mol. The molecule has 4 aromatic rings. The summed E-state index contributed by atoms with van der Waals surface area (Å²) in [5, 5.41) is 5.42.